The van der Waals surface area contributed by atoms with Gasteiger partial charge in [0.2, 0.25) is 0 Å². The number of hydrogen-bond acceptors (Lipinski definition) is 5. The predicted molar refractivity (Wildman–Crippen MR) is 79.3 cm³/mol. The van der Waals surface area contributed by atoms with Crippen molar-refractivity contribution < 1.29 is 0 Å². The van der Waals surface area contributed by atoms with Gasteiger partial charge in [-0.1, -0.05) is 6.07 Å². The Hall–Kier alpha value is -2.61. The number of hydrogen-bond donors (Lipinski definition) is 1. The highest BCUT2D eigenvalue weighted by molar-refractivity contribution is 5.55. The second kappa shape index (κ2) is 7.10. The van der Waals surface area contributed by atoms with Crippen LogP contribution in [0.25, 0.3) is 0 Å². The van der Waals surface area contributed by atoms with Crippen molar-refractivity contribution in [2.24, 2.45) is 0 Å². The maximum absolute atomic E-state index is 8.81. The van der Waals surface area contributed by atoms with Gasteiger partial charge in [-0.2, -0.15) is 5.26 Å². The van der Waals surface area contributed by atoms with E-state index in [1.54, 1.807) is 12.4 Å². The summed E-state index contributed by atoms with van der Waals surface area (Å²) in [6, 6.07) is 8.16. The summed E-state index contributed by atoms with van der Waals surface area (Å²) in [6.45, 7) is 1.38. The quantitative estimate of drug-likeness (QED) is 0.870. The highest BCUT2D eigenvalue weighted by Gasteiger charge is 2.08. The first-order valence-corrected chi connectivity index (χ1v) is 6.47. The summed E-state index contributed by atoms with van der Waals surface area (Å²) < 4.78 is 0. The van der Waals surface area contributed by atoms with Gasteiger partial charge < -0.3 is 10.2 Å². The van der Waals surface area contributed by atoms with Gasteiger partial charge in [-0.05, 0) is 17.7 Å². The summed E-state index contributed by atoms with van der Waals surface area (Å²) >= 11 is 0. The number of anilines is 2. The van der Waals surface area contributed by atoms with Gasteiger partial charge in [0.25, 0.3) is 0 Å². The fraction of sp³-hybridized carbons (Fsp3) is 0.267. The van der Waals surface area contributed by atoms with Crippen LogP contribution in [-0.2, 0) is 6.54 Å². The lowest BCUT2D eigenvalue weighted by molar-refractivity contribution is 0.793. The Morgan fingerprint density at radius 2 is 2.20 bits per heavy atom. The van der Waals surface area contributed by atoms with E-state index in [0.717, 1.165) is 16.9 Å². The highest BCUT2D eigenvalue weighted by atomic mass is 15.1. The van der Waals surface area contributed by atoms with Crippen LogP contribution in [0.2, 0.25) is 0 Å². The van der Waals surface area contributed by atoms with Crippen LogP contribution in [0.5, 0.6) is 0 Å². The first kappa shape index (κ1) is 13.8. The molecule has 102 valence electrons. The Bertz CT molecular complexity index is 576. The van der Waals surface area contributed by atoms with Gasteiger partial charge in [0.05, 0.1) is 36.3 Å². The summed E-state index contributed by atoms with van der Waals surface area (Å²) in [5, 5.41) is 11.9. The molecule has 5 nitrogen and oxygen atoms in total. The van der Waals surface area contributed by atoms with Gasteiger partial charge in [0.1, 0.15) is 0 Å². The number of nitrogens with one attached hydrogen (secondary N) is 1. The Balaban J connectivity index is 2.20. The first-order chi connectivity index (χ1) is 9.83. The minimum Gasteiger partial charge on any atom is -0.387 e. The molecule has 0 aliphatic heterocycles. The lowest BCUT2D eigenvalue weighted by Crippen LogP contribution is -2.24. The summed E-state index contributed by atoms with van der Waals surface area (Å²) in [5.41, 5.74) is 3.06. The molecule has 2 aromatic rings. The average Bonchev–Trinajstić information content (AvgIpc) is 2.52. The Labute approximate surface area is 118 Å². The van der Waals surface area contributed by atoms with Crippen LogP contribution in [0, 0.1) is 11.3 Å². The van der Waals surface area contributed by atoms with E-state index in [1.165, 1.54) is 0 Å². The summed E-state index contributed by atoms with van der Waals surface area (Å²) in [6.07, 6.45) is 7.66. The lowest BCUT2D eigenvalue weighted by Gasteiger charge is -2.24. The molecule has 2 rings (SSSR count). The average molecular weight is 267 g/mol. The van der Waals surface area contributed by atoms with E-state index in [1.807, 2.05) is 37.6 Å². The Morgan fingerprint density at radius 1 is 1.30 bits per heavy atom. The number of rotatable bonds is 6. The molecular formula is C15H17N5. The van der Waals surface area contributed by atoms with E-state index in [0.29, 0.717) is 19.5 Å². The number of nitrogens with zero attached hydrogens (tertiary/aromatic N) is 4. The molecule has 2 aromatic heterocycles. The van der Waals surface area contributed by atoms with Crippen molar-refractivity contribution in [2.75, 3.05) is 23.8 Å². The Kier molecular flexibility index (Phi) is 4.90. The monoisotopic (exact) mass is 267 g/mol. The predicted octanol–water partition coefficient (Wildman–Crippen LogP) is 2.44. The fourth-order valence-electron chi connectivity index (χ4n) is 1.93. The van der Waals surface area contributed by atoms with Crippen molar-refractivity contribution >= 4 is 11.4 Å². The fourth-order valence-corrected chi connectivity index (χ4v) is 1.93. The van der Waals surface area contributed by atoms with Crippen molar-refractivity contribution in [3.8, 4) is 6.07 Å². The third kappa shape index (κ3) is 3.69. The zero-order valence-corrected chi connectivity index (χ0v) is 11.5. The van der Waals surface area contributed by atoms with Crippen LogP contribution in [0.3, 0.4) is 0 Å². The van der Waals surface area contributed by atoms with Crippen LogP contribution in [0.1, 0.15) is 12.0 Å². The van der Waals surface area contributed by atoms with E-state index in [4.69, 9.17) is 5.26 Å². The van der Waals surface area contributed by atoms with Crippen molar-refractivity contribution in [1.29, 1.82) is 5.26 Å². The maximum Gasteiger partial charge on any atom is 0.0640 e. The van der Waals surface area contributed by atoms with Gasteiger partial charge in [-0.3, -0.25) is 9.97 Å². The van der Waals surface area contributed by atoms with Crippen LogP contribution in [-0.4, -0.2) is 23.6 Å². The van der Waals surface area contributed by atoms with Crippen LogP contribution in [0.4, 0.5) is 11.4 Å². The van der Waals surface area contributed by atoms with Gasteiger partial charge in [0, 0.05) is 32.5 Å². The molecule has 0 aromatic carbocycles. The molecule has 0 aliphatic rings. The van der Waals surface area contributed by atoms with Crippen molar-refractivity contribution in [3.63, 3.8) is 0 Å². The summed E-state index contributed by atoms with van der Waals surface area (Å²) in [4.78, 5) is 10.5. The lowest BCUT2D eigenvalue weighted by atomic mass is 10.2. The van der Waals surface area contributed by atoms with Crippen LogP contribution < -0.4 is 10.2 Å². The molecule has 0 radical (unpaired) electrons. The molecule has 20 heavy (non-hydrogen) atoms. The highest BCUT2D eigenvalue weighted by Crippen LogP contribution is 2.19. The molecular weight excluding hydrogens is 250 g/mol. The molecule has 0 bridgehead atoms. The topological polar surface area (TPSA) is 64.8 Å². The van der Waals surface area contributed by atoms with Crippen molar-refractivity contribution in [2.45, 2.75) is 13.0 Å². The van der Waals surface area contributed by atoms with E-state index in [2.05, 4.69) is 26.3 Å². The van der Waals surface area contributed by atoms with Gasteiger partial charge >= 0.3 is 0 Å². The molecule has 0 saturated heterocycles. The van der Waals surface area contributed by atoms with Gasteiger partial charge in [-0.25, -0.2) is 0 Å². The van der Waals surface area contributed by atoms with Gasteiger partial charge in [-0.15, -0.1) is 0 Å². The number of pyridine rings is 2. The third-order valence-electron chi connectivity index (χ3n) is 2.97. The standard InChI is InChI=1S/C15H17N5/c1-17-14-8-15(11-19-10-14)20(7-3-5-16)12-13-4-2-6-18-9-13/h2,4,6,8-11,17H,3,7,12H2,1H3. The second-order valence-electron chi connectivity index (χ2n) is 4.37. The SMILES string of the molecule is CNc1cncc(N(CCC#N)Cc2cccnc2)c1. The molecule has 0 unspecified atom stereocenters. The molecule has 0 atom stereocenters. The van der Waals surface area contributed by atoms with Crippen molar-refractivity contribution in [1.82, 2.24) is 9.97 Å². The zero-order chi connectivity index (χ0) is 14.2. The minimum atomic E-state index is 0.476. The summed E-state index contributed by atoms with van der Waals surface area (Å²) in [7, 11) is 1.86. The minimum absolute atomic E-state index is 0.476. The molecule has 1 N–H and O–H groups in total. The Morgan fingerprint density at radius 3 is 2.90 bits per heavy atom. The first-order valence-electron chi connectivity index (χ1n) is 6.47. The maximum atomic E-state index is 8.81. The molecule has 0 amide bonds. The third-order valence-corrected chi connectivity index (χ3v) is 2.97. The molecule has 0 saturated carbocycles. The second-order valence-corrected chi connectivity index (χ2v) is 4.37. The number of aromatic nitrogens is 2. The molecule has 0 aliphatic carbocycles. The van der Waals surface area contributed by atoms with E-state index < -0.39 is 0 Å². The van der Waals surface area contributed by atoms with E-state index >= 15 is 0 Å². The molecule has 5 heteroatoms. The van der Waals surface area contributed by atoms with Crippen LogP contribution >= 0.6 is 0 Å². The zero-order valence-electron chi connectivity index (χ0n) is 11.5. The van der Waals surface area contributed by atoms with E-state index in [9.17, 15) is 0 Å². The number of nitriles is 1. The van der Waals surface area contributed by atoms with Gasteiger partial charge in [0.15, 0.2) is 0 Å². The molecule has 0 spiro atoms. The normalized spacial score (nSPS) is 9.80. The van der Waals surface area contributed by atoms with E-state index in [-0.39, 0.29) is 0 Å². The summed E-state index contributed by atoms with van der Waals surface area (Å²) in [5.74, 6) is 0. The van der Waals surface area contributed by atoms with Crippen LogP contribution in [0.15, 0.2) is 43.0 Å². The molecule has 2 heterocycles. The smallest absolute Gasteiger partial charge is 0.0640 e. The largest absolute Gasteiger partial charge is 0.387 e. The molecule has 0 fully saturated rings. The van der Waals surface area contributed by atoms with Crippen molar-refractivity contribution in [3.05, 3.63) is 48.5 Å².